The molecule has 6 heteroatoms. The molecule has 1 atom stereocenters. The Bertz CT molecular complexity index is 501. The van der Waals surface area contributed by atoms with Gasteiger partial charge in [0.1, 0.15) is 0 Å². The van der Waals surface area contributed by atoms with Gasteiger partial charge >= 0.3 is 0 Å². The SMILES string of the molecule is COc1cc(CCC(=O)NC[C@H]2CCCO2)cc(OC)c1OC. The number of methoxy groups -OCH3 is 3. The zero-order valence-corrected chi connectivity index (χ0v) is 14.0. The minimum absolute atomic E-state index is 0.0225. The molecule has 1 aromatic rings. The Morgan fingerprint density at radius 2 is 1.91 bits per heavy atom. The molecule has 6 nitrogen and oxygen atoms in total. The molecule has 0 aliphatic carbocycles. The Morgan fingerprint density at radius 3 is 2.43 bits per heavy atom. The maximum absolute atomic E-state index is 12.0. The summed E-state index contributed by atoms with van der Waals surface area (Å²) in [6.45, 7) is 1.39. The molecule has 1 N–H and O–H groups in total. The van der Waals surface area contributed by atoms with Crippen LogP contribution in [-0.2, 0) is 16.0 Å². The lowest BCUT2D eigenvalue weighted by Gasteiger charge is -2.14. The summed E-state index contributed by atoms with van der Waals surface area (Å²) in [7, 11) is 4.73. The van der Waals surface area contributed by atoms with Crippen LogP contribution in [0.4, 0.5) is 0 Å². The highest BCUT2D eigenvalue weighted by atomic mass is 16.5. The van der Waals surface area contributed by atoms with E-state index in [0.29, 0.717) is 36.6 Å². The van der Waals surface area contributed by atoms with E-state index in [9.17, 15) is 4.79 Å². The average molecular weight is 323 g/mol. The number of benzene rings is 1. The van der Waals surface area contributed by atoms with E-state index >= 15 is 0 Å². The lowest BCUT2D eigenvalue weighted by atomic mass is 10.1. The highest BCUT2D eigenvalue weighted by Crippen LogP contribution is 2.38. The summed E-state index contributed by atoms with van der Waals surface area (Å²) in [5.41, 5.74) is 0.965. The van der Waals surface area contributed by atoms with E-state index < -0.39 is 0 Å². The second kappa shape index (κ2) is 8.62. The van der Waals surface area contributed by atoms with Gasteiger partial charge in [0.2, 0.25) is 11.7 Å². The summed E-state index contributed by atoms with van der Waals surface area (Å²) in [6, 6.07) is 3.74. The van der Waals surface area contributed by atoms with Gasteiger partial charge in [-0.2, -0.15) is 0 Å². The van der Waals surface area contributed by atoms with E-state index in [0.717, 1.165) is 25.0 Å². The maximum Gasteiger partial charge on any atom is 0.220 e. The van der Waals surface area contributed by atoms with Gasteiger partial charge in [0.25, 0.3) is 0 Å². The van der Waals surface area contributed by atoms with Crippen molar-refractivity contribution in [3.63, 3.8) is 0 Å². The Labute approximate surface area is 137 Å². The zero-order chi connectivity index (χ0) is 16.7. The Balaban J connectivity index is 1.90. The molecule has 0 aromatic heterocycles. The van der Waals surface area contributed by atoms with E-state index in [2.05, 4.69) is 5.32 Å². The van der Waals surface area contributed by atoms with Gasteiger partial charge in [0.05, 0.1) is 27.4 Å². The first-order valence-corrected chi connectivity index (χ1v) is 7.85. The third-order valence-corrected chi connectivity index (χ3v) is 3.92. The third-order valence-electron chi connectivity index (χ3n) is 3.92. The van der Waals surface area contributed by atoms with Gasteiger partial charge in [-0.05, 0) is 37.0 Å². The van der Waals surface area contributed by atoms with Gasteiger partial charge in [-0.15, -0.1) is 0 Å². The fourth-order valence-electron chi connectivity index (χ4n) is 2.66. The molecule has 128 valence electrons. The molecule has 1 saturated heterocycles. The number of hydrogen-bond acceptors (Lipinski definition) is 5. The fraction of sp³-hybridized carbons (Fsp3) is 0.588. The largest absolute Gasteiger partial charge is 0.493 e. The summed E-state index contributed by atoms with van der Waals surface area (Å²) >= 11 is 0. The topological polar surface area (TPSA) is 66.0 Å². The number of aryl methyl sites for hydroxylation is 1. The van der Waals surface area contributed by atoms with Gasteiger partial charge < -0.3 is 24.3 Å². The van der Waals surface area contributed by atoms with Crippen LogP contribution < -0.4 is 19.5 Å². The van der Waals surface area contributed by atoms with Gasteiger partial charge in [-0.25, -0.2) is 0 Å². The van der Waals surface area contributed by atoms with Crippen LogP contribution in [0.25, 0.3) is 0 Å². The van der Waals surface area contributed by atoms with E-state index in [4.69, 9.17) is 18.9 Å². The van der Waals surface area contributed by atoms with Gasteiger partial charge in [0.15, 0.2) is 11.5 Å². The minimum Gasteiger partial charge on any atom is -0.493 e. The molecular weight excluding hydrogens is 298 g/mol. The Hall–Kier alpha value is -1.95. The molecule has 1 fully saturated rings. The summed E-state index contributed by atoms with van der Waals surface area (Å²) < 4.78 is 21.4. The fourth-order valence-corrected chi connectivity index (χ4v) is 2.66. The van der Waals surface area contributed by atoms with Crippen LogP contribution in [0.3, 0.4) is 0 Å². The van der Waals surface area contributed by atoms with Crippen LogP contribution in [0.15, 0.2) is 12.1 Å². The highest BCUT2D eigenvalue weighted by Gasteiger charge is 2.17. The van der Waals surface area contributed by atoms with Crippen LogP contribution in [0, 0.1) is 0 Å². The normalized spacial score (nSPS) is 16.9. The number of rotatable bonds is 8. The van der Waals surface area contributed by atoms with Crippen molar-refractivity contribution in [3.8, 4) is 17.2 Å². The van der Waals surface area contributed by atoms with Crippen LogP contribution >= 0.6 is 0 Å². The monoisotopic (exact) mass is 323 g/mol. The van der Waals surface area contributed by atoms with Crippen molar-refractivity contribution >= 4 is 5.91 Å². The molecule has 23 heavy (non-hydrogen) atoms. The van der Waals surface area contributed by atoms with Crippen molar-refractivity contribution in [3.05, 3.63) is 17.7 Å². The highest BCUT2D eigenvalue weighted by molar-refractivity contribution is 5.76. The molecule has 1 aromatic carbocycles. The van der Waals surface area contributed by atoms with Crippen molar-refractivity contribution in [1.29, 1.82) is 0 Å². The molecule has 1 heterocycles. The van der Waals surface area contributed by atoms with Crippen LogP contribution in [0.5, 0.6) is 17.2 Å². The molecule has 0 bridgehead atoms. The lowest BCUT2D eigenvalue weighted by Crippen LogP contribution is -2.31. The van der Waals surface area contributed by atoms with Crippen molar-refractivity contribution in [1.82, 2.24) is 5.32 Å². The third kappa shape index (κ3) is 4.76. The zero-order valence-electron chi connectivity index (χ0n) is 14.0. The minimum atomic E-state index is 0.0225. The van der Waals surface area contributed by atoms with E-state index in [1.54, 1.807) is 21.3 Å². The summed E-state index contributed by atoms with van der Waals surface area (Å²) in [6.07, 6.45) is 3.28. The van der Waals surface area contributed by atoms with Crippen LogP contribution in [0.1, 0.15) is 24.8 Å². The first-order valence-electron chi connectivity index (χ1n) is 7.85. The predicted molar refractivity (Wildman–Crippen MR) is 86.4 cm³/mol. The number of nitrogens with one attached hydrogen (secondary N) is 1. The molecule has 2 rings (SSSR count). The van der Waals surface area contributed by atoms with Crippen molar-refractivity contribution in [2.45, 2.75) is 31.8 Å². The van der Waals surface area contributed by atoms with Crippen molar-refractivity contribution in [2.75, 3.05) is 34.5 Å². The molecule has 1 aliphatic heterocycles. The lowest BCUT2D eigenvalue weighted by molar-refractivity contribution is -0.121. The predicted octanol–water partition coefficient (Wildman–Crippen LogP) is 1.94. The molecule has 0 saturated carbocycles. The standard InChI is InChI=1S/C17H25NO5/c1-20-14-9-12(10-15(21-2)17(14)22-3)6-7-16(19)18-11-13-5-4-8-23-13/h9-10,13H,4-8,11H2,1-3H3,(H,18,19)/t13-/m1/s1. The number of carbonyl (C=O) groups excluding carboxylic acids is 1. The van der Waals surface area contributed by atoms with Gasteiger partial charge in [-0.3, -0.25) is 4.79 Å². The second-order valence-electron chi connectivity index (χ2n) is 5.47. The smallest absolute Gasteiger partial charge is 0.220 e. The summed E-state index contributed by atoms with van der Waals surface area (Å²) in [4.78, 5) is 12.0. The van der Waals surface area contributed by atoms with Gasteiger partial charge in [-0.1, -0.05) is 0 Å². The Kier molecular flexibility index (Phi) is 6.52. The molecule has 1 amide bonds. The molecule has 0 unspecified atom stereocenters. The van der Waals surface area contributed by atoms with E-state index in [-0.39, 0.29) is 12.0 Å². The molecule has 0 radical (unpaired) electrons. The van der Waals surface area contributed by atoms with Crippen molar-refractivity contribution < 1.29 is 23.7 Å². The summed E-state index contributed by atoms with van der Waals surface area (Å²) in [5.74, 6) is 1.78. The summed E-state index contributed by atoms with van der Waals surface area (Å²) in [5, 5.41) is 2.92. The average Bonchev–Trinajstić information content (AvgIpc) is 3.10. The first-order chi connectivity index (χ1) is 11.2. The van der Waals surface area contributed by atoms with Crippen LogP contribution in [0.2, 0.25) is 0 Å². The van der Waals surface area contributed by atoms with E-state index in [1.165, 1.54) is 0 Å². The second-order valence-corrected chi connectivity index (χ2v) is 5.47. The number of hydrogen-bond donors (Lipinski definition) is 1. The molecule has 1 aliphatic rings. The Morgan fingerprint density at radius 1 is 1.22 bits per heavy atom. The number of ether oxygens (including phenoxy) is 4. The van der Waals surface area contributed by atoms with E-state index in [1.807, 2.05) is 12.1 Å². The molecule has 0 spiro atoms. The number of carbonyl (C=O) groups is 1. The number of amides is 1. The van der Waals surface area contributed by atoms with Crippen LogP contribution in [-0.4, -0.2) is 46.5 Å². The first kappa shape index (κ1) is 17.4. The maximum atomic E-state index is 12.0. The molecular formula is C17H25NO5. The van der Waals surface area contributed by atoms with Gasteiger partial charge in [0, 0.05) is 19.6 Å². The van der Waals surface area contributed by atoms with Crippen molar-refractivity contribution in [2.24, 2.45) is 0 Å². The quantitative estimate of drug-likeness (QED) is 0.792.